The summed E-state index contributed by atoms with van der Waals surface area (Å²) in [5, 5.41) is 8.78. The Bertz CT molecular complexity index is 553. The van der Waals surface area contributed by atoms with Crippen molar-refractivity contribution in [1.29, 1.82) is 0 Å². The molecule has 1 aromatic rings. The highest BCUT2D eigenvalue weighted by atomic mass is 32.2. The van der Waals surface area contributed by atoms with Crippen molar-refractivity contribution in [3.63, 3.8) is 0 Å². The molecule has 0 saturated heterocycles. The van der Waals surface area contributed by atoms with Crippen molar-refractivity contribution in [1.82, 2.24) is 4.57 Å². The highest BCUT2D eigenvalue weighted by molar-refractivity contribution is 7.85. The van der Waals surface area contributed by atoms with E-state index >= 15 is 0 Å². The average molecular weight is 332 g/mol. The summed E-state index contributed by atoms with van der Waals surface area (Å²) >= 11 is 0. The highest BCUT2D eigenvalue weighted by Gasteiger charge is 2.28. The van der Waals surface area contributed by atoms with Crippen LogP contribution in [0.15, 0.2) is 18.7 Å². The summed E-state index contributed by atoms with van der Waals surface area (Å²) < 4.78 is 64.7. The zero-order valence-electron chi connectivity index (χ0n) is 11.1. The van der Waals surface area contributed by atoms with Gasteiger partial charge in [0.2, 0.25) is 6.33 Å². The first-order chi connectivity index (χ1) is 9.42. The standard InChI is InChI=1S/C8H14N2O3S.C2HF3O2/c1-9-5-6-10(8-9)4-2-3-7-14(11,12)13;3-2(4,5)1(6)7/h5-6,8H,2-4,7H2,1H3;(H,6,7). The Kier molecular flexibility index (Phi) is 7.36. The number of carboxylic acid groups (broad SMARTS) is 1. The molecule has 0 aliphatic carbocycles. The average Bonchev–Trinajstić information content (AvgIpc) is 2.69. The maximum atomic E-state index is 10.5. The van der Waals surface area contributed by atoms with Gasteiger partial charge in [-0.1, -0.05) is 0 Å². The Morgan fingerprint density at radius 2 is 1.90 bits per heavy atom. The van der Waals surface area contributed by atoms with Crippen LogP contribution in [-0.2, 0) is 28.5 Å². The Hall–Kier alpha value is -1.62. The molecule has 21 heavy (non-hydrogen) atoms. The fourth-order valence-electron chi connectivity index (χ4n) is 1.21. The van der Waals surface area contributed by atoms with Gasteiger partial charge in [0.15, 0.2) is 0 Å². The third-order valence-corrected chi connectivity index (χ3v) is 2.93. The number of hydrogen-bond donors (Lipinski definition) is 1. The zero-order chi connectivity index (χ0) is 16.7. The Labute approximate surface area is 119 Å². The van der Waals surface area contributed by atoms with Gasteiger partial charge in [-0.05, 0) is 12.8 Å². The van der Waals surface area contributed by atoms with Crippen molar-refractivity contribution < 1.29 is 40.6 Å². The van der Waals surface area contributed by atoms with E-state index in [2.05, 4.69) is 0 Å². The molecule has 0 bridgehead atoms. The number of halogens is 3. The second-order valence-electron chi connectivity index (χ2n) is 4.10. The third-order valence-electron chi connectivity index (χ3n) is 2.12. The van der Waals surface area contributed by atoms with Gasteiger partial charge in [0.05, 0.1) is 19.3 Å². The van der Waals surface area contributed by atoms with Crippen molar-refractivity contribution >= 4 is 16.1 Å². The lowest BCUT2D eigenvalue weighted by molar-refractivity contribution is -0.671. The van der Waals surface area contributed by atoms with Crippen LogP contribution in [0.5, 0.6) is 0 Å². The molecule has 1 heterocycles. The van der Waals surface area contributed by atoms with Crippen molar-refractivity contribution in [3.8, 4) is 0 Å². The minimum absolute atomic E-state index is 0.152. The second-order valence-corrected chi connectivity index (χ2v) is 5.67. The number of nitrogens with zero attached hydrogens (tertiary/aromatic N) is 2. The highest BCUT2D eigenvalue weighted by Crippen LogP contribution is 2.11. The van der Waals surface area contributed by atoms with E-state index in [0.29, 0.717) is 6.42 Å². The SMILES string of the molecule is C[n+]1ccn(CCCCS(=O)(=O)O)c1.O=C([O-])C(F)(F)F. The lowest BCUT2D eigenvalue weighted by atomic mass is 10.3. The molecule has 0 fully saturated rings. The summed E-state index contributed by atoms with van der Waals surface area (Å²) in [4.78, 5) is 8.78. The van der Waals surface area contributed by atoms with Gasteiger partial charge in [-0.25, -0.2) is 9.13 Å². The largest absolute Gasteiger partial charge is 0.542 e. The van der Waals surface area contributed by atoms with Crippen LogP contribution < -0.4 is 9.67 Å². The predicted octanol–water partition coefficient (Wildman–Crippen LogP) is -0.721. The summed E-state index contributed by atoms with van der Waals surface area (Å²) in [6.45, 7) is 0.774. The van der Waals surface area contributed by atoms with Crippen LogP contribution in [0.4, 0.5) is 13.2 Å². The maximum absolute atomic E-state index is 10.5. The Morgan fingerprint density at radius 1 is 1.38 bits per heavy atom. The quantitative estimate of drug-likeness (QED) is 0.435. The summed E-state index contributed by atoms with van der Waals surface area (Å²) in [5.74, 6) is -3.16. The first-order valence-electron chi connectivity index (χ1n) is 5.66. The molecule has 0 atom stereocenters. The van der Waals surface area contributed by atoms with Crippen LogP contribution in [0.3, 0.4) is 0 Å². The van der Waals surface area contributed by atoms with Crippen LogP contribution in [0.25, 0.3) is 0 Å². The predicted molar refractivity (Wildman–Crippen MR) is 62.3 cm³/mol. The topological polar surface area (TPSA) is 103 Å². The maximum Gasteiger partial charge on any atom is 0.430 e. The number of aryl methyl sites for hydroxylation is 2. The van der Waals surface area contributed by atoms with Crippen LogP contribution >= 0.6 is 0 Å². The third kappa shape index (κ3) is 10.8. The van der Waals surface area contributed by atoms with Crippen molar-refractivity contribution in [2.75, 3.05) is 5.75 Å². The van der Waals surface area contributed by atoms with Gasteiger partial charge in [0.1, 0.15) is 18.4 Å². The van der Waals surface area contributed by atoms with Crippen LogP contribution in [0.2, 0.25) is 0 Å². The van der Waals surface area contributed by atoms with E-state index < -0.39 is 22.3 Å². The molecular formula is C10H15F3N2O5S. The van der Waals surface area contributed by atoms with E-state index in [1.165, 1.54) is 0 Å². The van der Waals surface area contributed by atoms with Gasteiger partial charge in [0.25, 0.3) is 10.1 Å². The van der Waals surface area contributed by atoms with E-state index in [0.717, 1.165) is 13.0 Å². The van der Waals surface area contributed by atoms with Gasteiger partial charge in [-0.15, -0.1) is 0 Å². The molecule has 0 unspecified atom stereocenters. The van der Waals surface area contributed by atoms with Gasteiger partial charge >= 0.3 is 6.18 Å². The molecule has 1 rings (SSSR count). The number of alkyl halides is 3. The van der Waals surface area contributed by atoms with Gasteiger partial charge < -0.3 is 9.90 Å². The molecule has 1 N–H and O–H groups in total. The van der Waals surface area contributed by atoms with E-state index in [4.69, 9.17) is 14.5 Å². The van der Waals surface area contributed by atoms with E-state index in [1.807, 2.05) is 34.9 Å². The zero-order valence-corrected chi connectivity index (χ0v) is 11.9. The fraction of sp³-hybridized carbons (Fsp3) is 0.600. The summed E-state index contributed by atoms with van der Waals surface area (Å²) in [7, 11) is -1.86. The van der Waals surface area contributed by atoms with Crippen molar-refractivity contribution in [2.45, 2.75) is 25.6 Å². The van der Waals surface area contributed by atoms with Gasteiger partial charge in [0, 0.05) is 0 Å². The molecule has 0 spiro atoms. The number of unbranched alkanes of at least 4 members (excludes halogenated alkanes) is 1. The monoisotopic (exact) mass is 332 g/mol. The smallest absolute Gasteiger partial charge is 0.430 e. The van der Waals surface area contributed by atoms with Crippen LogP contribution in [0, 0.1) is 0 Å². The Morgan fingerprint density at radius 3 is 2.24 bits per heavy atom. The summed E-state index contributed by atoms with van der Waals surface area (Å²) in [5.41, 5.74) is 0. The minimum atomic E-state index is -5.19. The molecule has 0 aromatic carbocycles. The molecule has 0 radical (unpaired) electrons. The normalized spacial score (nSPS) is 11.7. The number of aliphatic carboxylic acids is 1. The van der Waals surface area contributed by atoms with Crippen LogP contribution in [-0.4, -0.2) is 35.4 Å². The molecule has 1 aromatic heterocycles. The second kappa shape index (κ2) is 7.98. The van der Waals surface area contributed by atoms with Gasteiger partial charge in [-0.3, -0.25) is 4.55 Å². The molecular weight excluding hydrogens is 317 g/mol. The number of imidazole rings is 1. The lowest BCUT2D eigenvalue weighted by Gasteiger charge is -2.03. The molecule has 7 nitrogen and oxygen atoms in total. The number of hydrogen-bond acceptors (Lipinski definition) is 4. The number of carbonyl (C=O) groups excluding carboxylic acids is 1. The number of rotatable bonds is 5. The minimum Gasteiger partial charge on any atom is -0.542 e. The first-order valence-corrected chi connectivity index (χ1v) is 7.27. The number of aromatic nitrogens is 2. The van der Waals surface area contributed by atoms with E-state index in [1.54, 1.807) is 0 Å². The van der Waals surface area contributed by atoms with Crippen molar-refractivity contribution in [2.24, 2.45) is 7.05 Å². The number of carboxylic acids is 1. The summed E-state index contributed by atoms with van der Waals surface area (Å²) in [6.07, 6.45) is 1.80. The summed E-state index contributed by atoms with van der Waals surface area (Å²) in [6, 6.07) is 0. The molecule has 11 heteroatoms. The van der Waals surface area contributed by atoms with E-state index in [9.17, 15) is 21.6 Å². The Balaban J connectivity index is 0.000000486. The molecule has 0 aliphatic rings. The molecule has 0 amide bonds. The number of carbonyl (C=O) groups is 1. The van der Waals surface area contributed by atoms with Crippen LogP contribution in [0.1, 0.15) is 12.8 Å². The molecule has 122 valence electrons. The molecule has 0 aliphatic heterocycles. The first kappa shape index (κ1) is 19.4. The fourth-order valence-corrected chi connectivity index (χ4v) is 1.78. The molecule has 0 saturated carbocycles. The van der Waals surface area contributed by atoms with Gasteiger partial charge in [-0.2, -0.15) is 21.6 Å². The van der Waals surface area contributed by atoms with E-state index in [-0.39, 0.29) is 5.75 Å². The lowest BCUT2D eigenvalue weighted by Crippen LogP contribution is -2.37. The van der Waals surface area contributed by atoms with Crippen molar-refractivity contribution in [3.05, 3.63) is 18.7 Å².